The highest BCUT2D eigenvalue weighted by Gasteiger charge is 2.27. The molecule has 0 aliphatic carbocycles. The fraction of sp³-hybridized carbons (Fsp3) is 0.235. The summed E-state index contributed by atoms with van der Waals surface area (Å²) in [5.41, 5.74) is 15.9. The first kappa shape index (κ1) is 44.9. The van der Waals surface area contributed by atoms with E-state index in [4.69, 9.17) is 0 Å². The molecular weight excluding hydrogens is 849 g/mol. The van der Waals surface area contributed by atoms with Crippen LogP contribution in [0.3, 0.4) is 0 Å². The van der Waals surface area contributed by atoms with Gasteiger partial charge in [-0.1, -0.05) is 241 Å². The third-order valence-electron chi connectivity index (χ3n) is 14.8. The Kier molecular flexibility index (Phi) is 10.4. The van der Waals surface area contributed by atoms with Gasteiger partial charge < -0.3 is 0 Å². The molecule has 0 N–H and O–H groups in total. The second-order valence-corrected chi connectivity index (χ2v) is 24.9. The van der Waals surface area contributed by atoms with Gasteiger partial charge >= 0.3 is 0 Å². The fourth-order valence-corrected chi connectivity index (χ4v) is 12.1. The number of fused-ring (bicyclic) bond motifs is 7. The van der Waals surface area contributed by atoms with Crippen LogP contribution in [0.15, 0.2) is 170 Å². The topological polar surface area (TPSA) is 0 Å². The molecule has 0 bridgehead atoms. The molecule has 342 valence electrons. The first-order valence-electron chi connectivity index (χ1n) is 24.9. The maximum atomic E-state index is 2.48. The molecule has 11 rings (SSSR count). The summed E-state index contributed by atoms with van der Waals surface area (Å²) in [7, 11) is 0. The van der Waals surface area contributed by atoms with Crippen molar-refractivity contribution in [3.8, 4) is 44.5 Å². The molecule has 0 aliphatic rings. The van der Waals surface area contributed by atoms with Crippen molar-refractivity contribution in [2.24, 2.45) is 0 Å². The van der Waals surface area contributed by atoms with E-state index in [9.17, 15) is 0 Å². The third kappa shape index (κ3) is 7.66. The summed E-state index contributed by atoms with van der Waals surface area (Å²) >= 11 is 1.92. The average Bonchev–Trinajstić information content (AvgIpc) is 3.69. The molecule has 0 unspecified atom stereocenters. The molecule has 0 amide bonds. The zero-order valence-corrected chi connectivity index (χ0v) is 43.4. The van der Waals surface area contributed by atoms with Gasteiger partial charge in [-0.2, -0.15) is 0 Å². The van der Waals surface area contributed by atoms with E-state index in [1.165, 1.54) is 130 Å². The summed E-state index contributed by atoms with van der Waals surface area (Å²) in [6.45, 7) is 28.0. The fourth-order valence-electron chi connectivity index (χ4n) is 10.9. The highest BCUT2D eigenvalue weighted by molar-refractivity contribution is 7.26. The van der Waals surface area contributed by atoms with E-state index in [1.54, 1.807) is 0 Å². The van der Waals surface area contributed by atoms with Gasteiger partial charge in [-0.05, 0) is 144 Å². The Bertz CT molecular complexity index is 3680. The molecule has 0 spiro atoms. The van der Waals surface area contributed by atoms with Crippen molar-refractivity contribution < 1.29 is 0 Å². The SMILES string of the molecule is CC(C)(C)c1cc(-c2c3ccccc3c(-c3ccc4c(c3)sc3cccc(-c5c6ccccc6c(-c6cc(C(C)(C)C)cc(C(C)(C)C)c6)c6ccccc56)c34)c3ccccc23)cc(C(C)(C)C)c1. The summed E-state index contributed by atoms with van der Waals surface area (Å²) in [4.78, 5) is 0. The lowest BCUT2D eigenvalue weighted by atomic mass is 9.77. The molecular formula is C68H64S. The lowest BCUT2D eigenvalue weighted by Gasteiger charge is -2.27. The molecule has 11 aromatic rings. The molecule has 1 heterocycles. The van der Waals surface area contributed by atoms with Crippen molar-refractivity contribution in [1.82, 2.24) is 0 Å². The predicted octanol–water partition coefficient (Wildman–Crippen LogP) is 20.5. The number of hydrogen-bond donors (Lipinski definition) is 0. The zero-order chi connectivity index (χ0) is 48.4. The van der Waals surface area contributed by atoms with Gasteiger partial charge in [-0.15, -0.1) is 11.3 Å². The largest absolute Gasteiger partial charge is 0.135 e. The number of hydrogen-bond acceptors (Lipinski definition) is 1. The number of benzene rings is 10. The Balaban J connectivity index is 1.14. The first-order chi connectivity index (χ1) is 32.8. The van der Waals surface area contributed by atoms with Crippen LogP contribution in [0, 0.1) is 0 Å². The second kappa shape index (κ2) is 16.0. The molecule has 1 heteroatoms. The van der Waals surface area contributed by atoms with Gasteiger partial charge in [0.1, 0.15) is 0 Å². The average molecular weight is 913 g/mol. The summed E-state index contributed by atoms with van der Waals surface area (Å²) in [6, 6.07) is 65.5. The van der Waals surface area contributed by atoms with Crippen molar-refractivity contribution >= 4 is 74.6 Å². The molecule has 1 aromatic heterocycles. The monoisotopic (exact) mass is 912 g/mol. The van der Waals surface area contributed by atoms with Crippen molar-refractivity contribution in [2.45, 2.75) is 105 Å². The van der Waals surface area contributed by atoms with Gasteiger partial charge in [0, 0.05) is 20.2 Å². The molecule has 0 atom stereocenters. The van der Waals surface area contributed by atoms with Crippen LogP contribution < -0.4 is 0 Å². The lowest BCUT2D eigenvalue weighted by molar-refractivity contribution is 0.568. The van der Waals surface area contributed by atoms with E-state index in [1.807, 2.05) is 11.3 Å². The third-order valence-corrected chi connectivity index (χ3v) is 15.9. The Morgan fingerprint density at radius 2 is 0.594 bits per heavy atom. The van der Waals surface area contributed by atoms with E-state index in [0.29, 0.717) is 0 Å². The molecule has 0 nitrogen and oxygen atoms in total. The molecule has 10 aromatic carbocycles. The Hall–Kier alpha value is -6.54. The van der Waals surface area contributed by atoms with Gasteiger partial charge in [-0.3, -0.25) is 0 Å². The maximum absolute atomic E-state index is 2.48. The van der Waals surface area contributed by atoms with Crippen LogP contribution >= 0.6 is 11.3 Å². The molecule has 69 heavy (non-hydrogen) atoms. The van der Waals surface area contributed by atoms with Gasteiger partial charge in [0.05, 0.1) is 0 Å². The van der Waals surface area contributed by atoms with E-state index in [0.717, 1.165) is 0 Å². The van der Waals surface area contributed by atoms with Crippen LogP contribution in [-0.2, 0) is 21.7 Å². The molecule has 0 aliphatic heterocycles. The van der Waals surface area contributed by atoms with Gasteiger partial charge in [0.15, 0.2) is 0 Å². The first-order valence-corrected chi connectivity index (χ1v) is 25.7. The van der Waals surface area contributed by atoms with Crippen LogP contribution in [0.4, 0.5) is 0 Å². The standard InChI is InChI=1S/C68H64S/c1-65(2,3)44-34-42(35-45(39-44)66(4,5)6)61-50-24-15-13-22-48(50)60(49-23-14-16-25-51(49)61)41-32-33-56-59(38-41)69-58-31-21-30-57(64(56)58)63-54-28-19-17-26-52(54)62(53-27-18-20-29-55(53)63)43-36-46(67(7,8)9)40-47(37-43)68(10,11)12/h13-40H,1-12H3. The number of rotatable bonds is 4. The highest BCUT2D eigenvalue weighted by atomic mass is 32.1. The molecule has 0 fully saturated rings. The molecule has 0 radical (unpaired) electrons. The summed E-state index contributed by atoms with van der Waals surface area (Å²) < 4.78 is 2.61. The minimum absolute atomic E-state index is 0.00976. The van der Waals surface area contributed by atoms with Gasteiger partial charge in [0.2, 0.25) is 0 Å². The van der Waals surface area contributed by atoms with Crippen LogP contribution in [-0.4, -0.2) is 0 Å². The lowest BCUT2D eigenvalue weighted by Crippen LogP contribution is -2.16. The van der Waals surface area contributed by atoms with Crippen LogP contribution in [0.25, 0.3) is 108 Å². The van der Waals surface area contributed by atoms with E-state index >= 15 is 0 Å². The summed E-state index contributed by atoms with van der Waals surface area (Å²) in [6.07, 6.45) is 0. The molecule has 0 saturated carbocycles. The van der Waals surface area contributed by atoms with Gasteiger partial charge in [0.25, 0.3) is 0 Å². The normalized spacial score (nSPS) is 12.9. The second-order valence-electron chi connectivity index (χ2n) is 23.8. The molecule has 0 saturated heterocycles. The quantitative estimate of drug-likeness (QED) is 0.154. The van der Waals surface area contributed by atoms with Crippen LogP contribution in [0.2, 0.25) is 0 Å². The van der Waals surface area contributed by atoms with E-state index in [2.05, 4.69) is 253 Å². The smallest absolute Gasteiger partial charge is 0.0361 e. The van der Waals surface area contributed by atoms with Crippen molar-refractivity contribution in [1.29, 1.82) is 0 Å². The minimum Gasteiger partial charge on any atom is -0.135 e. The summed E-state index contributed by atoms with van der Waals surface area (Å²) in [5, 5.41) is 12.9. The van der Waals surface area contributed by atoms with Crippen molar-refractivity contribution in [3.05, 3.63) is 192 Å². The highest BCUT2D eigenvalue weighted by Crippen LogP contribution is 2.51. The Labute approximate surface area is 413 Å². The minimum atomic E-state index is 0.00976. The zero-order valence-electron chi connectivity index (χ0n) is 42.6. The Morgan fingerprint density at radius 1 is 0.261 bits per heavy atom. The number of thiophene rings is 1. The van der Waals surface area contributed by atoms with Crippen LogP contribution in [0.5, 0.6) is 0 Å². The van der Waals surface area contributed by atoms with E-state index in [-0.39, 0.29) is 21.7 Å². The van der Waals surface area contributed by atoms with Crippen molar-refractivity contribution in [3.63, 3.8) is 0 Å². The van der Waals surface area contributed by atoms with Gasteiger partial charge in [-0.25, -0.2) is 0 Å². The van der Waals surface area contributed by atoms with Crippen LogP contribution in [0.1, 0.15) is 105 Å². The maximum Gasteiger partial charge on any atom is 0.0361 e. The predicted molar refractivity (Wildman–Crippen MR) is 306 cm³/mol. The summed E-state index contributed by atoms with van der Waals surface area (Å²) in [5.74, 6) is 0. The Morgan fingerprint density at radius 3 is 0.942 bits per heavy atom. The van der Waals surface area contributed by atoms with E-state index < -0.39 is 0 Å². The van der Waals surface area contributed by atoms with Crippen molar-refractivity contribution in [2.75, 3.05) is 0 Å².